The lowest BCUT2D eigenvalue weighted by molar-refractivity contribution is -2.00. The van der Waals surface area contributed by atoms with Crippen LogP contribution in [0.1, 0.15) is 18.4 Å². The van der Waals surface area contributed by atoms with Gasteiger partial charge in [0.2, 0.25) is 0 Å². The van der Waals surface area contributed by atoms with Crippen molar-refractivity contribution in [2.24, 2.45) is 0 Å². The van der Waals surface area contributed by atoms with Crippen LogP contribution in [0.2, 0.25) is 5.02 Å². The lowest BCUT2D eigenvalue weighted by Gasteiger charge is -2.17. The number of hydrogen-bond acceptors (Lipinski definition) is 4. The van der Waals surface area contributed by atoms with Gasteiger partial charge in [0.05, 0.1) is 5.03 Å². The third-order valence-electron chi connectivity index (χ3n) is 2.69. The lowest BCUT2D eigenvalue weighted by Crippen LogP contribution is -2.68. The van der Waals surface area contributed by atoms with Crippen LogP contribution in [0.25, 0.3) is 5.03 Å². The standard InChI is InChI=1S/C13H14Cl2N.ClHO4/c14-12-5-3-11(4-6-12)13(15)7-10-16-8-1-2-9-16;2-1(3,4)5/h3-7,10H,1-2,8-9H2;(H,2,3,4,5)/q+1;/p-1. The Kier molecular flexibility index (Phi) is 7.62. The van der Waals surface area contributed by atoms with E-state index in [2.05, 4.69) is 10.8 Å². The SMILES string of the molecule is ClC(=CC=[N+]1CCCC1)c1ccc(Cl)cc1.[O-][Cl+3]([O-])([O-])[O-]. The third-order valence-corrected chi connectivity index (χ3v) is 3.29. The van der Waals surface area contributed by atoms with E-state index < -0.39 is 10.2 Å². The Morgan fingerprint density at radius 3 is 2.00 bits per heavy atom. The molecule has 1 aliphatic heterocycles. The van der Waals surface area contributed by atoms with Gasteiger partial charge in [0, 0.05) is 23.9 Å². The first kappa shape index (κ1) is 18.4. The normalized spacial score (nSPS) is 15.5. The van der Waals surface area contributed by atoms with Gasteiger partial charge >= 0.3 is 0 Å². The summed E-state index contributed by atoms with van der Waals surface area (Å²) in [6.45, 7) is 2.28. The van der Waals surface area contributed by atoms with Crippen molar-refractivity contribution in [3.05, 3.63) is 40.9 Å². The molecule has 8 heteroatoms. The minimum absolute atomic E-state index is 0.733. The van der Waals surface area contributed by atoms with Crippen LogP contribution < -0.4 is 18.6 Å². The summed E-state index contributed by atoms with van der Waals surface area (Å²) in [5.41, 5.74) is 1.00. The Hall–Kier alpha value is -0.660. The van der Waals surface area contributed by atoms with Crippen LogP contribution in [0.15, 0.2) is 30.3 Å². The molecule has 0 bridgehead atoms. The summed E-state index contributed by atoms with van der Waals surface area (Å²) in [4.78, 5) is 0. The summed E-state index contributed by atoms with van der Waals surface area (Å²) in [7, 11) is -4.94. The van der Waals surface area contributed by atoms with Crippen molar-refractivity contribution in [1.29, 1.82) is 0 Å². The van der Waals surface area contributed by atoms with Crippen molar-refractivity contribution in [1.82, 2.24) is 0 Å². The van der Waals surface area contributed by atoms with Crippen molar-refractivity contribution in [2.75, 3.05) is 13.1 Å². The van der Waals surface area contributed by atoms with Gasteiger partial charge in [-0.2, -0.15) is 0 Å². The maximum Gasteiger partial charge on any atom is 0.164 e. The molecule has 1 aromatic carbocycles. The predicted octanol–water partition coefficient (Wildman–Crippen LogP) is -0.959. The van der Waals surface area contributed by atoms with Crippen LogP contribution in [0.3, 0.4) is 0 Å². The van der Waals surface area contributed by atoms with Gasteiger partial charge in [0.15, 0.2) is 6.21 Å². The fourth-order valence-electron chi connectivity index (χ4n) is 1.77. The molecule has 21 heavy (non-hydrogen) atoms. The molecule has 0 spiro atoms. The highest BCUT2D eigenvalue weighted by Gasteiger charge is 2.10. The van der Waals surface area contributed by atoms with E-state index in [0.717, 1.165) is 28.7 Å². The second-order valence-corrected chi connectivity index (χ2v) is 5.89. The first-order valence-corrected chi connectivity index (χ1v) is 8.07. The smallest absolute Gasteiger partial charge is 0.164 e. The number of nitrogens with zero attached hydrogens (tertiary/aromatic N) is 1. The highest BCUT2D eigenvalue weighted by molar-refractivity contribution is 6.49. The van der Waals surface area contributed by atoms with Crippen molar-refractivity contribution in [3.63, 3.8) is 0 Å². The van der Waals surface area contributed by atoms with E-state index in [1.54, 1.807) is 0 Å². The zero-order chi connectivity index (χ0) is 15.9. The molecule has 1 aliphatic rings. The molecule has 5 nitrogen and oxygen atoms in total. The van der Waals surface area contributed by atoms with Crippen molar-refractivity contribution >= 4 is 34.4 Å². The molecule has 0 N–H and O–H groups in total. The highest BCUT2D eigenvalue weighted by Crippen LogP contribution is 2.20. The van der Waals surface area contributed by atoms with Gasteiger partial charge in [-0.25, -0.2) is 23.2 Å². The van der Waals surface area contributed by atoms with Gasteiger partial charge in [0.25, 0.3) is 0 Å². The average molecular weight is 355 g/mol. The molecule has 1 fully saturated rings. The summed E-state index contributed by atoms with van der Waals surface area (Å²) >= 11 is 12.0. The molecular formula is C13H14Cl3NO4. The molecule has 0 radical (unpaired) electrons. The molecule has 0 aliphatic carbocycles. The van der Waals surface area contributed by atoms with Gasteiger partial charge in [-0.15, -0.1) is 10.2 Å². The molecule has 0 unspecified atom stereocenters. The van der Waals surface area contributed by atoms with E-state index in [9.17, 15) is 0 Å². The molecule has 1 saturated heterocycles. The van der Waals surface area contributed by atoms with Gasteiger partial charge in [0.1, 0.15) is 13.1 Å². The first-order valence-electron chi connectivity index (χ1n) is 6.08. The molecule has 0 aromatic heterocycles. The van der Waals surface area contributed by atoms with E-state index in [-0.39, 0.29) is 0 Å². The second-order valence-electron chi connectivity index (χ2n) is 4.29. The second kappa shape index (κ2) is 8.70. The largest absolute Gasteiger partial charge is 0.236 e. The van der Waals surface area contributed by atoms with Crippen molar-refractivity contribution in [3.8, 4) is 0 Å². The Morgan fingerprint density at radius 2 is 1.52 bits per heavy atom. The minimum Gasteiger partial charge on any atom is -0.236 e. The fourth-order valence-corrected chi connectivity index (χ4v) is 2.08. The Labute approximate surface area is 135 Å². The number of halogens is 3. The van der Waals surface area contributed by atoms with Gasteiger partial charge in [-0.1, -0.05) is 35.3 Å². The molecule has 116 valence electrons. The molecule has 0 saturated carbocycles. The first-order chi connectivity index (χ1) is 9.75. The lowest BCUT2D eigenvalue weighted by atomic mass is 10.2. The number of rotatable bonds is 2. The molecule has 0 amide bonds. The molecule has 1 heterocycles. The molecular weight excluding hydrogens is 341 g/mol. The van der Waals surface area contributed by atoms with Gasteiger partial charge in [-0.3, -0.25) is 0 Å². The summed E-state index contributed by atoms with van der Waals surface area (Å²) in [5.74, 6) is 0. The van der Waals surface area contributed by atoms with Crippen molar-refractivity contribution in [2.45, 2.75) is 12.8 Å². The Morgan fingerprint density at radius 1 is 1.05 bits per heavy atom. The highest BCUT2D eigenvalue weighted by atomic mass is 35.7. The summed E-state index contributed by atoms with van der Waals surface area (Å²) in [5, 5.41) is 1.49. The zero-order valence-corrected chi connectivity index (χ0v) is 13.3. The van der Waals surface area contributed by atoms with E-state index in [4.69, 9.17) is 41.8 Å². The van der Waals surface area contributed by atoms with Crippen molar-refractivity contribution < 1.29 is 33.5 Å². The molecule has 2 rings (SSSR count). The zero-order valence-electron chi connectivity index (χ0n) is 11.0. The monoisotopic (exact) mass is 353 g/mol. The summed E-state index contributed by atoms with van der Waals surface area (Å²) in [6, 6.07) is 7.56. The van der Waals surface area contributed by atoms with Crippen LogP contribution in [-0.2, 0) is 0 Å². The van der Waals surface area contributed by atoms with E-state index in [0.29, 0.717) is 0 Å². The van der Waals surface area contributed by atoms with Crippen LogP contribution in [0.5, 0.6) is 0 Å². The maximum atomic E-state index is 8.49. The van der Waals surface area contributed by atoms with Gasteiger partial charge in [-0.05, 0) is 17.7 Å². The van der Waals surface area contributed by atoms with E-state index >= 15 is 0 Å². The van der Waals surface area contributed by atoms with E-state index in [1.807, 2.05) is 30.3 Å². The predicted molar refractivity (Wildman–Crippen MR) is 70.6 cm³/mol. The van der Waals surface area contributed by atoms with Crippen LogP contribution >= 0.6 is 23.2 Å². The maximum absolute atomic E-state index is 8.49. The fraction of sp³-hybridized carbons (Fsp3) is 0.308. The Bertz CT molecular complexity index is 495. The van der Waals surface area contributed by atoms with Gasteiger partial charge < -0.3 is 0 Å². The minimum atomic E-state index is -4.94. The number of benzene rings is 1. The topological polar surface area (TPSA) is 95.2 Å². The Balaban J connectivity index is 0.000000383. The number of allylic oxidation sites excluding steroid dienone is 1. The summed E-state index contributed by atoms with van der Waals surface area (Å²) < 4.78 is 36.3. The molecule has 0 atom stereocenters. The number of hydrogen-bond donors (Lipinski definition) is 0. The molecule has 1 aromatic rings. The average Bonchev–Trinajstić information content (AvgIpc) is 2.88. The third kappa shape index (κ3) is 9.06. The quantitative estimate of drug-likeness (QED) is 0.639. The van der Waals surface area contributed by atoms with Crippen LogP contribution in [-0.4, -0.2) is 23.9 Å². The van der Waals surface area contributed by atoms with Crippen LogP contribution in [0, 0.1) is 10.2 Å². The van der Waals surface area contributed by atoms with E-state index in [1.165, 1.54) is 12.8 Å². The summed E-state index contributed by atoms with van der Waals surface area (Å²) in [6.07, 6.45) is 6.59. The van der Waals surface area contributed by atoms with Crippen LogP contribution in [0.4, 0.5) is 0 Å².